The zero-order chi connectivity index (χ0) is 28.9. The number of nitrogens with one attached hydrogen (secondary N) is 2. The van der Waals surface area contributed by atoms with Crippen LogP contribution in [0, 0.1) is 17.2 Å². The first-order chi connectivity index (χ1) is 19.3. The van der Waals surface area contributed by atoms with E-state index in [4.69, 9.17) is 4.74 Å². The Morgan fingerprint density at radius 3 is 2.67 bits per heavy atom. The van der Waals surface area contributed by atoms with Crippen molar-refractivity contribution < 1.29 is 19.1 Å². The molecule has 0 aliphatic carbocycles. The van der Waals surface area contributed by atoms with Gasteiger partial charge in [0.15, 0.2) is 0 Å². The first-order valence-electron chi connectivity index (χ1n) is 13.3. The van der Waals surface area contributed by atoms with Gasteiger partial charge in [0, 0.05) is 37.4 Å². The highest BCUT2D eigenvalue weighted by molar-refractivity contribution is 8.01. The van der Waals surface area contributed by atoms with Gasteiger partial charge in [0.2, 0.25) is 11.8 Å². The van der Waals surface area contributed by atoms with E-state index < -0.39 is 11.9 Å². The van der Waals surface area contributed by atoms with Crippen molar-refractivity contribution in [3.8, 4) is 6.07 Å². The maximum Gasteiger partial charge on any atom is 0.323 e. The summed E-state index contributed by atoms with van der Waals surface area (Å²) in [7, 11) is 1.91. The number of hydrogen-bond acceptors (Lipinski definition) is 8. The fraction of sp³-hybridized carbons (Fsp3) is 0.400. The SMILES string of the molecule is C=CCOC(=O)C(C#N)CC1SC(CCNc2cccc(NC(=O)CN(C)Cc3ccccc3)c2)C(=O)N1CC. The molecule has 3 unspecified atom stereocenters. The topological polar surface area (TPSA) is 115 Å². The fourth-order valence-corrected chi connectivity index (χ4v) is 6.07. The summed E-state index contributed by atoms with van der Waals surface area (Å²) in [6, 6.07) is 19.5. The molecule has 2 aromatic rings. The van der Waals surface area contributed by atoms with E-state index in [2.05, 4.69) is 17.2 Å². The molecular weight excluding hydrogens is 526 g/mol. The Morgan fingerprint density at radius 2 is 1.98 bits per heavy atom. The Labute approximate surface area is 240 Å². The second kappa shape index (κ2) is 15.7. The molecule has 0 bridgehead atoms. The lowest BCUT2D eigenvalue weighted by atomic mass is 10.1. The van der Waals surface area contributed by atoms with Crippen LogP contribution in [0.1, 0.15) is 25.3 Å². The van der Waals surface area contributed by atoms with Gasteiger partial charge < -0.3 is 20.3 Å². The number of carbonyl (C=O) groups excluding carboxylic acids is 3. The van der Waals surface area contributed by atoms with Crippen LogP contribution in [0.25, 0.3) is 0 Å². The predicted molar refractivity (Wildman–Crippen MR) is 158 cm³/mol. The van der Waals surface area contributed by atoms with Crippen molar-refractivity contribution in [2.24, 2.45) is 5.92 Å². The molecule has 1 aliphatic rings. The van der Waals surface area contributed by atoms with Gasteiger partial charge in [-0.05, 0) is 44.2 Å². The maximum absolute atomic E-state index is 13.0. The second-order valence-corrected chi connectivity index (χ2v) is 10.9. The highest BCUT2D eigenvalue weighted by Crippen LogP contribution is 2.37. The predicted octanol–water partition coefficient (Wildman–Crippen LogP) is 4.11. The van der Waals surface area contributed by atoms with E-state index in [1.807, 2.05) is 79.5 Å². The Hall–Kier alpha value is -3.81. The van der Waals surface area contributed by atoms with Crippen molar-refractivity contribution in [3.05, 3.63) is 72.8 Å². The highest BCUT2D eigenvalue weighted by Gasteiger charge is 2.41. The summed E-state index contributed by atoms with van der Waals surface area (Å²) >= 11 is 1.48. The fourth-order valence-electron chi connectivity index (χ4n) is 4.48. The normalized spacial score (nSPS) is 17.2. The molecule has 0 radical (unpaired) electrons. The van der Waals surface area contributed by atoms with E-state index in [0.717, 1.165) is 11.3 Å². The highest BCUT2D eigenvalue weighted by atomic mass is 32.2. The Morgan fingerprint density at radius 1 is 1.23 bits per heavy atom. The van der Waals surface area contributed by atoms with Crippen LogP contribution in [0.2, 0.25) is 0 Å². The summed E-state index contributed by atoms with van der Waals surface area (Å²) in [5, 5.41) is 15.2. The van der Waals surface area contributed by atoms with Crippen LogP contribution in [0.4, 0.5) is 11.4 Å². The van der Waals surface area contributed by atoms with Gasteiger partial charge in [-0.25, -0.2) is 0 Å². The molecule has 212 valence electrons. The molecule has 40 heavy (non-hydrogen) atoms. The van der Waals surface area contributed by atoms with Crippen molar-refractivity contribution in [1.82, 2.24) is 9.80 Å². The van der Waals surface area contributed by atoms with Crippen LogP contribution in [0.5, 0.6) is 0 Å². The van der Waals surface area contributed by atoms with Gasteiger partial charge in [-0.15, -0.1) is 11.8 Å². The molecule has 2 aromatic carbocycles. The number of benzene rings is 2. The molecule has 1 aliphatic heterocycles. The maximum atomic E-state index is 13.0. The number of esters is 1. The summed E-state index contributed by atoms with van der Waals surface area (Å²) in [6.45, 7) is 7.45. The minimum Gasteiger partial charge on any atom is -0.460 e. The summed E-state index contributed by atoms with van der Waals surface area (Å²) in [4.78, 5) is 41.4. The largest absolute Gasteiger partial charge is 0.460 e. The average molecular weight is 564 g/mol. The van der Waals surface area contributed by atoms with E-state index in [0.29, 0.717) is 31.7 Å². The molecule has 0 aromatic heterocycles. The second-order valence-electron chi connectivity index (χ2n) is 9.54. The third kappa shape index (κ3) is 9.14. The van der Waals surface area contributed by atoms with Gasteiger partial charge in [0.25, 0.3) is 0 Å². The van der Waals surface area contributed by atoms with Gasteiger partial charge in [-0.2, -0.15) is 5.26 Å². The number of rotatable bonds is 15. The van der Waals surface area contributed by atoms with E-state index in [9.17, 15) is 19.6 Å². The molecule has 1 fully saturated rings. The van der Waals surface area contributed by atoms with Gasteiger partial charge in [0.05, 0.1) is 23.2 Å². The van der Waals surface area contributed by atoms with Crippen molar-refractivity contribution in [2.75, 3.05) is 43.9 Å². The molecule has 1 heterocycles. The minimum absolute atomic E-state index is 0.0103. The van der Waals surface area contributed by atoms with Crippen LogP contribution in [-0.4, -0.2) is 71.5 Å². The first-order valence-corrected chi connectivity index (χ1v) is 14.3. The zero-order valence-electron chi connectivity index (χ0n) is 23.0. The van der Waals surface area contributed by atoms with E-state index >= 15 is 0 Å². The van der Waals surface area contributed by atoms with Crippen molar-refractivity contribution >= 4 is 40.9 Å². The van der Waals surface area contributed by atoms with Crippen LogP contribution >= 0.6 is 11.8 Å². The number of likely N-dealkylation sites (N-methyl/N-ethyl adjacent to an activating group) is 1. The molecule has 3 rings (SSSR count). The third-order valence-corrected chi connectivity index (χ3v) is 7.91. The van der Waals surface area contributed by atoms with Gasteiger partial charge in [-0.1, -0.05) is 49.1 Å². The molecule has 3 atom stereocenters. The monoisotopic (exact) mass is 563 g/mol. The molecule has 9 nitrogen and oxygen atoms in total. The molecule has 10 heteroatoms. The minimum atomic E-state index is -0.938. The number of anilines is 2. The van der Waals surface area contributed by atoms with Crippen LogP contribution < -0.4 is 10.6 Å². The molecular formula is C30H37N5O4S. The molecule has 2 N–H and O–H groups in total. The van der Waals surface area contributed by atoms with Crippen LogP contribution in [-0.2, 0) is 25.7 Å². The quantitative estimate of drug-likeness (QED) is 0.246. The number of thioether (sulfide) groups is 1. The summed E-state index contributed by atoms with van der Waals surface area (Å²) in [5.74, 6) is -1.62. The van der Waals surface area contributed by atoms with Crippen LogP contribution in [0.3, 0.4) is 0 Å². The zero-order valence-corrected chi connectivity index (χ0v) is 23.9. The Kier molecular flexibility index (Phi) is 12.1. The molecule has 1 saturated heterocycles. The number of hydrogen-bond donors (Lipinski definition) is 2. The van der Waals surface area contributed by atoms with E-state index in [-0.39, 0.29) is 42.0 Å². The standard InChI is InChI=1S/C30H37N5O4S/c1-4-16-39-30(38)23(19-31)17-28-35(5-2)29(37)26(40-28)14-15-32-24-12-9-13-25(18-24)33-27(36)21-34(3)20-22-10-7-6-8-11-22/h4,6-13,18,23,26,28,32H,1,5,14-17,20-21H2,2-3H3,(H,33,36). The smallest absolute Gasteiger partial charge is 0.323 e. The van der Waals surface area contributed by atoms with Crippen molar-refractivity contribution in [3.63, 3.8) is 0 Å². The van der Waals surface area contributed by atoms with Gasteiger partial charge in [-0.3, -0.25) is 19.3 Å². The summed E-state index contributed by atoms with van der Waals surface area (Å²) in [6.07, 6.45) is 2.26. The van der Waals surface area contributed by atoms with Gasteiger partial charge in [0.1, 0.15) is 12.5 Å². The molecule has 0 spiro atoms. The Balaban J connectivity index is 1.47. The Bertz CT molecular complexity index is 1200. The number of ether oxygens (including phenoxy) is 1. The lowest BCUT2D eigenvalue weighted by Gasteiger charge is -2.23. The summed E-state index contributed by atoms with van der Waals surface area (Å²) in [5.41, 5.74) is 2.68. The molecule has 0 saturated carbocycles. The lowest BCUT2D eigenvalue weighted by Crippen LogP contribution is -2.36. The number of carbonyl (C=O) groups is 3. The van der Waals surface area contributed by atoms with Gasteiger partial charge >= 0.3 is 5.97 Å². The summed E-state index contributed by atoms with van der Waals surface area (Å²) < 4.78 is 5.04. The van der Waals surface area contributed by atoms with Crippen LogP contribution in [0.15, 0.2) is 67.3 Å². The molecule has 2 amide bonds. The van der Waals surface area contributed by atoms with E-state index in [1.165, 1.54) is 17.8 Å². The van der Waals surface area contributed by atoms with Crippen molar-refractivity contribution in [1.29, 1.82) is 5.26 Å². The first kappa shape index (κ1) is 30.7. The lowest BCUT2D eigenvalue weighted by molar-refractivity contribution is -0.146. The number of nitriles is 1. The van der Waals surface area contributed by atoms with Crippen molar-refractivity contribution in [2.45, 2.75) is 36.9 Å². The van der Waals surface area contributed by atoms with E-state index in [1.54, 1.807) is 4.90 Å². The third-order valence-electron chi connectivity index (χ3n) is 6.38. The average Bonchev–Trinajstić information content (AvgIpc) is 3.24. The number of amides is 2. The number of nitrogens with zero attached hydrogens (tertiary/aromatic N) is 3.